The van der Waals surface area contributed by atoms with Crippen molar-refractivity contribution in [1.82, 2.24) is 19.9 Å². The van der Waals surface area contributed by atoms with Crippen LogP contribution in [0.25, 0.3) is 5.65 Å². The molecule has 2 N–H and O–H groups in total. The molecule has 1 atom stereocenters. The summed E-state index contributed by atoms with van der Waals surface area (Å²) in [5, 5.41) is 10.6. The maximum absolute atomic E-state index is 13.6. The van der Waals surface area contributed by atoms with Gasteiger partial charge in [-0.1, -0.05) is 12.1 Å². The number of rotatable bonds is 4. The Morgan fingerprint density at radius 1 is 1.13 bits per heavy atom. The normalized spacial score (nSPS) is 20.0. The predicted octanol–water partition coefficient (Wildman–Crippen LogP) is 3.00. The van der Waals surface area contributed by atoms with Gasteiger partial charge in [0.15, 0.2) is 5.65 Å². The Kier molecular flexibility index (Phi) is 5.08. The summed E-state index contributed by atoms with van der Waals surface area (Å²) in [5.74, 6) is 0.991. The van der Waals surface area contributed by atoms with E-state index in [0.717, 1.165) is 31.6 Å². The van der Waals surface area contributed by atoms with Crippen LogP contribution in [0.3, 0.4) is 0 Å². The lowest BCUT2D eigenvalue weighted by atomic mass is 9.90. The first kappa shape index (κ1) is 19.0. The van der Waals surface area contributed by atoms with Gasteiger partial charge in [0.1, 0.15) is 17.6 Å². The van der Waals surface area contributed by atoms with Crippen LogP contribution >= 0.6 is 0 Å². The highest BCUT2D eigenvalue weighted by Crippen LogP contribution is 2.26. The number of fused-ring (bicyclic) bond motifs is 1. The summed E-state index contributed by atoms with van der Waals surface area (Å²) in [5.41, 5.74) is 2.93. The fraction of sp³-hybridized carbons (Fsp3) is 0.409. The van der Waals surface area contributed by atoms with Crippen molar-refractivity contribution < 1.29 is 9.18 Å². The van der Waals surface area contributed by atoms with Crippen molar-refractivity contribution in [2.75, 3.05) is 36.4 Å². The average Bonchev–Trinajstić information content (AvgIpc) is 3.40. The third-order valence-electron chi connectivity index (χ3n) is 6.03. The molecule has 2 aliphatic rings. The molecule has 2 aromatic heterocycles. The maximum Gasteiger partial charge on any atom is 0.261 e. The molecule has 7 nitrogen and oxygen atoms in total. The summed E-state index contributed by atoms with van der Waals surface area (Å²) in [6, 6.07) is 9.90. The summed E-state index contributed by atoms with van der Waals surface area (Å²) in [6.07, 6.45) is 5.24. The fourth-order valence-corrected chi connectivity index (χ4v) is 4.31. The van der Waals surface area contributed by atoms with Gasteiger partial charge in [-0.3, -0.25) is 4.79 Å². The minimum absolute atomic E-state index is 0.256. The third kappa shape index (κ3) is 3.75. The van der Waals surface area contributed by atoms with Crippen LogP contribution in [-0.4, -0.2) is 52.9 Å². The second kappa shape index (κ2) is 8.02. The van der Waals surface area contributed by atoms with Crippen LogP contribution in [0.1, 0.15) is 41.1 Å². The van der Waals surface area contributed by atoms with Gasteiger partial charge < -0.3 is 15.5 Å². The monoisotopic (exact) mass is 408 g/mol. The van der Waals surface area contributed by atoms with Gasteiger partial charge in [-0.05, 0) is 62.0 Å². The molecule has 8 heteroatoms. The van der Waals surface area contributed by atoms with E-state index in [9.17, 15) is 9.18 Å². The predicted molar refractivity (Wildman–Crippen MR) is 114 cm³/mol. The quantitative estimate of drug-likeness (QED) is 0.694. The standard InChI is InChI=1S/C22H25FN6O/c23-17-7-11-28(14-17)20-8-12-29-21(27-20)19(13-25-29)22(30)26-18-3-1-15(2-4-18)16-5-9-24-10-6-16/h1-4,8,12-13,16-17,24H,5-7,9-11,14H2,(H,26,30). The van der Waals surface area contributed by atoms with Gasteiger partial charge in [0.25, 0.3) is 5.91 Å². The van der Waals surface area contributed by atoms with Crippen molar-refractivity contribution in [3.63, 3.8) is 0 Å². The number of carbonyl (C=O) groups excluding carboxylic acids is 1. The minimum Gasteiger partial charge on any atom is -0.353 e. The summed E-state index contributed by atoms with van der Waals surface area (Å²) < 4.78 is 15.1. The first-order valence-corrected chi connectivity index (χ1v) is 10.5. The summed E-state index contributed by atoms with van der Waals surface area (Å²) >= 11 is 0. The molecule has 2 aliphatic heterocycles. The van der Waals surface area contributed by atoms with Gasteiger partial charge in [0, 0.05) is 18.4 Å². The van der Waals surface area contributed by atoms with E-state index in [1.165, 1.54) is 11.8 Å². The molecule has 0 saturated carbocycles. The van der Waals surface area contributed by atoms with Crippen molar-refractivity contribution in [1.29, 1.82) is 0 Å². The van der Waals surface area contributed by atoms with Crippen LogP contribution in [0.2, 0.25) is 0 Å². The molecule has 4 heterocycles. The maximum atomic E-state index is 13.6. The van der Waals surface area contributed by atoms with Crippen molar-refractivity contribution in [3.05, 3.63) is 53.9 Å². The van der Waals surface area contributed by atoms with Crippen LogP contribution < -0.4 is 15.5 Å². The van der Waals surface area contributed by atoms with E-state index in [2.05, 4.69) is 32.8 Å². The van der Waals surface area contributed by atoms with Gasteiger partial charge >= 0.3 is 0 Å². The number of piperidine rings is 1. The molecule has 0 spiro atoms. The number of anilines is 2. The summed E-state index contributed by atoms with van der Waals surface area (Å²) in [4.78, 5) is 19.4. The van der Waals surface area contributed by atoms with Crippen molar-refractivity contribution >= 4 is 23.1 Å². The number of halogens is 1. The first-order valence-electron chi connectivity index (χ1n) is 10.5. The molecular formula is C22H25FN6O. The summed E-state index contributed by atoms with van der Waals surface area (Å²) in [6.45, 7) is 3.07. The molecule has 2 saturated heterocycles. The van der Waals surface area contributed by atoms with Gasteiger partial charge in [-0.2, -0.15) is 5.10 Å². The van der Waals surface area contributed by atoms with E-state index in [0.29, 0.717) is 42.5 Å². The Bertz CT molecular complexity index is 1040. The fourth-order valence-electron chi connectivity index (χ4n) is 4.31. The van der Waals surface area contributed by atoms with Crippen LogP contribution in [0.15, 0.2) is 42.7 Å². The molecule has 3 aromatic rings. The minimum atomic E-state index is -0.830. The third-order valence-corrected chi connectivity index (χ3v) is 6.03. The number of alkyl halides is 1. The molecule has 2 fully saturated rings. The highest BCUT2D eigenvalue weighted by molar-refractivity contribution is 6.08. The zero-order valence-electron chi connectivity index (χ0n) is 16.7. The largest absolute Gasteiger partial charge is 0.353 e. The molecule has 156 valence electrons. The van der Waals surface area contributed by atoms with E-state index in [1.807, 2.05) is 17.0 Å². The average molecular weight is 408 g/mol. The van der Waals surface area contributed by atoms with Crippen molar-refractivity contribution in [2.45, 2.75) is 31.4 Å². The number of benzene rings is 1. The lowest BCUT2D eigenvalue weighted by molar-refractivity contribution is 0.102. The second-order valence-corrected chi connectivity index (χ2v) is 8.04. The van der Waals surface area contributed by atoms with E-state index >= 15 is 0 Å². The van der Waals surface area contributed by atoms with E-state index < -0.39 is 6.17 Å². The van der Waals surface area contributed by atoms with E-state index in [-0.39, 0.29) is 5.91 Å². The lowest BCUT2D eigenvalue weighted by Gasteiger charge is -2.23. The number of hydrogen-bond acceptors (Lipinski definition) is 5. The van der Waals surface area contributed by atoms with E-state index in [1.54, 1.807) is 16.8 Å². The number of aromatic nitrogens is 3. The first-order chi connectivity index (χ1) is 14.7. The van der Waals surface area contributed by atoms with Gasteiger partial charge in [0.05, 0.1) is 12.7 Å². The number of nitrogens with zero attached hydrogens (tertiary/aromatic N) is 4. The molecule has 1 aromatic carbocycles. The SMILES string of the molecule is O=C(Nc1ccc(C2CCNCC2)cc1)c1cnn2ccc(N3CCC(F)C3)nc12. The zero-order valence-corrected chi connectivity index (χ0v) is 16.7. The zero-order chi connectivity index (χ0) is 20.5. The van der Waals surface area contributed by atoms with Gasteiger partial charge in [-0.15, -0.1) is 0 Å². The lowest BCUT2D eigenvalue weighted by Crippen LogP contribution is -2.26. The van der Waals surface area contributed by atoms with Gasteiger partial charge in [0.2, 0.25) is 0 Å². The number of hydrogen-bond donors (Lipinski definition) is 2. The number of amides is 1. The van der Waals surface area contributed by atoms with Crippen molar-refractivity contribution in [2.24, 2.45) is 0 Å². The Hall–Kier alpha value is -3.00. The topological polar surface area (TPSA) is 74.6 Å². The molecule has 0 aliphatic carbocycles. The number of carbonyl (C=O) groups is 1. The van der Waals surface area contributed by atoms with Crippen LogP contribution in [-0.2, 0) is 0 Å². The molecule has 30 heavy (non-hydrogen) atoms. The molecule has 5 rings (SSSR count). The van der Waals surface area contributed by atoms with E-state index in [4.69, 9.17) is 0 Å². The highest BCUT2D eigenvalue weighted by atomic mass is 19.1. The molecule has 1 amide bonds. The Balaban J connectivity index is 1.33. The van der Waals surface area contributed by atoms with Crippen LogP contribution in [0, 0.1) is 0 Å². The Morgan fingerprint density at radius 2 is 1.93 bits per heavy atom. The number of nitrogens with one attached hydrogen (secondary N) is 2. The summed E-state index contributed by atoms with van der Waals surface area (Å²) in [7, 11) is 0. The molecule has 0 bridgehead atoms. The van der Waals surface area contributed by atoms with Crippen LogP contribution in [0.4, 0.5) is 15.9 Å². The van der Waals surface area contributed by atoms with Crippen molar-refractivity contribution in [3.8, 4) is 0 Å². The molecular weight excluding hydrogens is 383 g/mol. The van der Waals surface area contributed by atoms with Crippen LogP contribution in [0.5, 0.6) is 0 Å². The van der Waals surface area contributed by atoms with Gasteiger partial charge in [-0.25, -0.2) is 13.9 Å². The Morgan fingerprint density at radius 3 is 2.67 bits per heavy atom. The molecule has 1 unspecified atom stereocenters. The second-order valence-electron chi connectivity index (χ2n) is 8.04. The molecule has 0 radical (unpaired) electrons. The Labute approximate surface area is 174 Å². The smallest absolute Gasteiger partial charge is 0.261 e. The highest BCUT2D eigenvalue weighted by Gasteiger charge is 2.24.